The van der Waals surface area contributed by atoms with Crippen molar-refractivity contribution >= 4 is 39.1 Å². The summed E-state index contributed by atoms with van der Waals surface area (Å²) in [5, 5.41) is 3.30. The van der Waals surface area contributed by atoms with E-state index >= 15 is 0 Å². The van der Waals surface area contributed by atoms with Crippen molar-refractivity contribution in [2.45, 2.75) is 52.6 Å². The van der Waals surface area contributed by atoms with Crippen LogP contribution in [0.5, 0.6) is 5.75 Å². The van der Waals surface area contributed by atoms with Crippen LogP contribution in [0.4, 0.5) is 5.69 Å². The van der Waals surface area contributed by atoms with Crippen molar-refractivity contribution in [1.29, 1.82) is 0 Å². The Morgan fingerprint density at radius 1 is 1.14 bits per heavy atom. The molecule has 0 saturated carbocycles. The number of rotatable bonds is 13. The Bertz CT molecular complexity index is 1160. The molecule has 2 rings (SSSR count). The van der Waals surface area contributed by atoms with Gasteiger partial charge in [-0.2, -0.15) is 0 Å². The van der Waals surface area contributed by atoms with E-state index in [1.807, 2.05) is 19.9 Å². The summed E-state index contributed by atoms with van der Waals surface area (Å²) < 4.78 is 31.9. The lowest BCUT2D eigenvalue weighted by Crippen LogP contribution is -2.52. The molecule has 0 aliphatic rings. The third-order valence-electron chi connectivity index (χ3n) is 5.89. The number of methoxy groups -OCH3 is 1. The topological polar surface area (TPSA) is 96.0 Å². The molecule has 0 heterocycles. The van der Waals surface area contributed by atoms with Gasteiger partial charge in [0.2, 0.25) is 21.8 Å². The fourth-order valence-electron chi connectivity index (χ4n) is 3.85. The number of carbonyl (C=O) groups excluding carboxylic acids is 2. The van der Waals surface area contributed by atoms with Gasteiger partial charge in [-0.1, -0.05) is 50.1 Å². The van der Waals surface area contributed by atoms with Crippen LogP contribution in [-0.4, -0.2) is 57.6 Å². The maximum absolute atomic E-state index is 13.7. The smallest absolute Gasteiger partial charge is 0.244 e. The Hall–Kier alpha value is -2.78. The third kappa shape index (κ3) is 7.86. The van der Waals surface area contributed by atoms with Gasteiger partial charge < -0.3 is 15.0 Å². The number of nitrogens with one attached hydrogen (secondary N) is 1. The molecule has 10 heteroatoms. The maximum Gasteiger partial charge on any atom is 0.244 e. The number of amides is 2. The van der Waals surface area contributed by atoms with Crippen LogP contribution in [0.1, 0.15) is 44.2 Å². The number of hydrogen-bond donors (Lipinski definition) is 1. The highest BCUT2D eigenvalue weighted by atomic mass is 35.5. The second-order valence-corrected chi connectivity index (χ2v) is 10.9. The zero-order chi connectivity index (χ0) is 26.9. The van der Waals surface area contributed by atoms with Crippen molar-refractivity contribution in [2.75, 3.05) is 30.8 Å². The van der Waals surface area contributed by atoms with Crippen molar-refractivity contribution in [3.63, 3.8) is 0 Å². The highest BCUT2D eigenvalue weighted by Crippen LogP contribution is 2.28. The van der Waals surface area contributed by atoms with Crippen LogP contribution < -0.4 is 14.4 Å². The molecule has 0 bridgehead atoms. The predicted molar refractivity (Wildman–Crippen MR) is 144 cm³/mol. The molecule has 2 amide bonds. The number of unbranched alkanes of at least 4 members (excludes halogenated alkanes) is 1. The van der Waals surface area contributed by atoms with E-state index in [4.69, 9.17) is 16.3 Å². The van der Waals surface area contributed by atoms with Crippen LogP contribution in [0.15, 0.2) is 42.5 Å². The average molecular weight is 538 g/mol. The van der Waals surface area contributed by atoms with Crippen LogP contribution in [0.25, 0.3) is 0 Å². The summed E-state index contributed by atoms with van der Waals surface area (Å²) in [6.45, 7) is 5.70. The summed E-state index contributed by atoms with van der Waals surface area (Å²) in [7, 11) is -2.28. The van der Waals surface area contributed by atoms with Gasteiger partial charge in [0.1, 0.15) is 18.3 Å². The van der Waals surface area contributed by atoms with Gasteiger partial charge in [0.05, 0.1) is 19.1 Å². The molecule has 198 valence electrons. The first-order chi connectivity index (χ1) is 17.0. The van der Waals surface area contributed by atoms with E-state index in [-0.39, 0.29) is 12.5 Å². The van der Waals surface area contributed by atoms with Crippen molar-refractivity contribution in [3.05, 3.63) is 58.6 Å². The summed E-state index contributed by atoms with van der Waals surface area (Å²) in [5.41, 5.74) is 1.62. The largest absolute Gasteiger partial charge is 0.497 e. The minimum atomic E-state index is -3.83. The van der Waals surface area contributed by atoms with Gasteiger partial charge in [0, 0.05) is 18.1 Å². The van der Waals surface area contributed by atoms with Crippen molar-refractivity contribution in [3.8, 4) is 5.75 Å². The van der Waals surface area contributed by atoms with E-state index in [0.717, 1.165) is 29.0 Å². The minimum absolute atomic E-state index is 0.113. The van der Waals surface area contributed by atoms with Gasteiger partial charge in [-0.15, -0.1) is 0 Å². The lowest BCUT2D eigenvalue weighted by Gasteiger charge is -2.33. The summed E-state index contributed by atoms with van der Waals surface area (Å²) in [6.07, 6.45) is 3.15. The number of carbonyl (C=O) groups is 2. The van der Waals surface area contributed by atoms with E-state index in [2.05, 4.69) is 5.32 Å². The number of sulfonamides is 1. The molecule has 0 fully saturated rings. The predicted octanol–water partition coefficient (Wildman–Crippen LogP) is 4.15. The van der Waals surface area contributed by atoms with Crippen molar-refractivity contribution < 1.29 is 22.7 Å². The average Bonchev–Trinajstić information content (AvgIpc) is 2.83. The van der Waals surface area contributed by atoms with Crippen LogP contribution in [0.2, 0.25) is 5.02 Å². The van der Waals surface area contributed by atoms with Crippen LogP contribution in [0, 0.1) is 6.92 Å². The van der Waals surface area contributed by atoms with Gasteiger partial charge in [0.25, 0.3) is 0 Å². The van der Waals surface area contributed by atoms with Crippen LogP contribution in [-0.2, 0) is 26.2 Å². The molecule has 0 saturated heterocycles. The summed E-state index contributed by atoms with van der Waals surface area (Å²) in [5.74, 6) is -0.153. The maximum atomic E-state index is 13.7. The minimum Gasteiger partial charge on any atom is -0.497 e. The highest BCUT2D eigenvalue weighted by Gasteiger charge is 2.32. The molecular formula is C26H36ClN3O5S. The van der Waals surface area contributed by atoms with Crippen molar-refractivity contribution in [1.82, 2.24) is 10.2 Å². The number of halogens is 1. The highest BCUT2D eigenvalue weighted by molar-refractivity contribution is 7.92. The second-order valence-electron chi connectivity index (χ2n) is 8.60. The van der Waals surface area contributed by atoms with Crippen molar-refractivity contribution in [2.24, 2.45) is 0 Å². The monoisotopic (exact) mass is 537 g/mol. The normalized spacial score (nSPS) is 12.1. The molecule has 2 aromatic carbocycles. The Morgan fingerprint density at radius 3 is 2.44 bits per heavy atom. The Balaban J connectivity index is 2.46. The first-order valence-electron chi connectivity index (χ1n) is 12.0. The third-order valence-corrected chi connectivity index (χ3v) is 7.43. The molecule has 8 nitrogen and oxygen atoms in total. The SMILES string of the molecule is CCCCNC(=O)[C@@H](CC)N(Cc1cccc(OC)c1)C(=O)CN(c1cccc(Cl)c1C)S(C)(=O)=O. The molecular weight excluding hydrogens is 502 g/mol. The number of benzene rings is 2. The standard InChI is InChI=1S/C26H36ClN3O5S/c1-6-8-15-28-26(32)23(7-2)29(17-20-11-9-12-21(16-20)35-4)25(31)18-30(36(5,33)34)24-14-10-13-22(27)19(24)3/h9-14,16,23H,6-8,15,17-18H2,1-5H3,(H,28,32)/t23-/m1/s1. The molecule has 1 atom stereocenters. The van der Waals surface area contributed by atoms with Gasteiger partial charge in [-0.05, 0) is 55.2 Å². The van der Waals surface area contributed by atoms with Gasteiger partial charge in [-0.25, -0.2) is 8.42 Å². The molecule has 0 spiro atoms. The fraction of sp³-hybridized carbons (Fsp3) is 0.462. The molecule has 0 radical (unpaired) electrons. The Labute approximate surface area is 219 Å². The van der Waals surface area contributed by atoms with E-state index in [9.17, 15) is 18.0 Å². The fourth-order valence-corrected chi connectivity index (χ4v) is 4.92. The van der Waals surface area contributed by atoms with Gasteiger partial charge in [-0.3, -0.25) is 13.9 Å². The lowest BCUT2D eigenvalue weighted by molar-refractivity contribution is -0.140. The molecule has 0 aromatic heterocycles. The Morgan fingerprint density at radius 2 is 1.83 bits per heavy atom. The Kier molecular flexibility index (Phi) is 11.0. The summed E-state index contributed by atoms with van der Waals surface area (Å²) in [6, 6.07) is 11.3. The molecule has 36 heavy (non-hydrogen) atoms. The van der Waals surface area contributed by atoms with E-state index in [0.29, 0.717) is 35.0 Å². The lowest BCUT2D eigenvalue weighted by atomic mass is 10.1. The van der Waals surface area contributed by atoms with Crippen LogP contribution in [0.3, 0.4) is 0 Å². The first-order valence-corrected chi connectivity index (χ1v) is 14.2. The van der Waals surface area contributed by atoms with Gasteiger partial charge in [0.15, 0.2) is 0 Å². The number of hydrogen-bond acceptors (Lipinski definition) is 5. The zero-order valence-electron chi connectivity index (χ0n) is 21.6. The quantitative estimate of drug-likeness (QED) is 0.387. The first kappa shape index (κ1) is 29.5. The molecule has 2 aromatic rings. The molecule has 0 aliphatic heterocycles. The summed E-state index contributed by atoms with van der Waals surface area (Å²) >= 11 is 6.24. The molecule has 1 N–H and O–H groups in total. The van der Waals surface area contributed by atoms with Gasteiger partial charge >= 0.3 is 0 Å². The zero-order valence-corrected chi connectivity index (χ0v) is 23.2. The number of ether oxygens (including phenoxy) is 1. The van der Waals surface area contributed by atoms with Crippen LogP contribution >= 0.6 is 11.6 Å². The number of nitrogens with zero attached hydrogens (tertiary/aromatic N) is 2. The second kappa shape index (κ2) is 13.5. The van der Waals surface area contributed by atoms with E-state index in [1.165, 1.54) is 4.90 Å². The summed E-state index contributed by atoms with van der Waals surface area (Å²) in [4.78, 5) is 28.3. The van der Waals surface area contributed by atoms with E-state index < -0.39 is 28.5 Å². The molecule has 0 aliphatic carbocycles. The molecule has 0 unspecified atom stereocenters. The van der Waals surface area contributed by atoms with E-state index in [1.54, 1.807) is 50.4 Å². The number of anilines is 1.